The van der Waals surface area contributed by atoms with Crippen LogP contribution in [0.25, 0.3) is 0 Å². The SMILES string of the molecule is CC1CCN(CCNc2ccccc2)C(C)C1. The smallest absolute Gasteiger partial charge is 0.0340 e. The molecule has 2 heteroatoms. The molecular formula is C15H24N2. The van der Waals surface area contributed by atoms with Crippen molar-refractivity contribution in [3.05, 3.63) is 30.3 Å². The zero-order valence-corrected chi connectivity index (χ0v) is 11.0. The van der Waals surface area contributed by atoms with Gasteiger partial charge in [0.15, 0.2) is 0 Å². The summed E-state index contributed by atoms with van der Waals surface area (Å²) in [7, 11) is 0. The average molecular weight is 232 g/mol. The summed E-state index contributed by atoms with van der Waals surface area (Å²) < 4.78 is 0. The Morgan fingerprint density at radius 3 is 2.71 bits per heavy atom. The Bertz CT molecular complexity index is 323. The van der Waals surface area contributed by atoms with Crippen molar-refractivity contribution in [3.63, 3.8) is 0 Å². The van der Waals surface area contributed by atoms with Gasteiger partial charge in [-0.2, -0.15) is 0 Å². The number of rotatable bonds is 4. The summed E-state index contributed by atoms with van der Waals surface area (Å²) in [6, 6.07) is 11.2. The van der Waals surface area contributed by atoms with Gasteiger partial charge in [0.2, 0.25) is 0 Å². The summed E-state index contributed by atoms with van der Waals surface area (Å²) in [5, 5.41) is 3.48. The number of piperidine rings is 1. The molecule has 0 aromatic heterocycles. The average Bonchev–Trinajstić information content (AvgIpc) is 2.33. The van der Waals surface area contributed by atoms with Crippen molar-refractivity contribution in [2.75, 3.05) is 25.0 Å². The molecule has 1 fully saturated rings. The molecule has 2 atom stereocenters. The minimum atomic E-state index is 0.747. The molecule has 1 aromatic rings. The zero-order valence-electron chi connectivity index (χ0n) is 11.0. The van der Waals surface area contributed by atoms with Crippen LogP contribution >= 0.6 is 0 Å². The van der Waals surface area contributed by atoms with Gasteiger partial charge in [-0.15, -0.1) is 0 Å². The van der Waals surface area contributed by atoms with E-state index in [0.717, 1.165) is 25.0 Å². The summed E-state index contributed by atoms with van der Waals surface area (Å²) >= 11 is 0. The van der Waals surface area contributed by atoms with Crippen molar-refractivity contribution in [2.45, 2.75) is 32.7 Å². The first kappa shape index (κ1) is 12.4. The predicted octanol–water partition coefficient (Wildman–Crippen LogP) is 3.22. The van der Waals surface area contributed by atoms with Gasteiger partial charge in [-0.3, -0.25) is 4.90 Å². The molecule has 1 aliphatic heterocycles. The monoisotopic (exact) mass is 232 g/mol. The molecule has 1 N–H and O–H groups in total. The van der Waals surface area contributed by atoms with Crippen LogP contribution in [0.5, 0.6) is 0 Å². The number of hydrogen-bond acceptors (Lipinski definition) is 2. The Labute approximate surface area is 105 Å². The Morgan fingerprint density at radius 2 is 2.00 bits per heavy atom. The first-order valence-corrected chi connectivity index (χ1v) is 6.78. The van der Waals surface area contributed by atoms with Crippen LogP contribution in [0.1, 0.15) is 26.7 Å². The first-order valence-electron chi connectivity index (χ1n) is 6.78. The highest BCUT2D eigenvalue weighted by atomic mass is 15.2. The molecule has 94 valence electrons. The number of hydrogen-bond donors (Lipinski definition) is 1. The van der Waals surface area contributed by atoms with E-state index in [1.54, 1.807) is 0 Å². The first-order chi connectivity index (χ1) is 8.25. The second kappa shape index (κ2) is 6.06. The molecule has 1 heterocycles. The quantitative estimate of drug-likeness (QED) is 0.857. The van der Waals surface area contributed by atoms with Crippen LogP contribution in [0.2, 0.25) is 0 Å². The van der Waals surface area contributed by atoms with Crippen LogP contribution in [0, 0.1) is 5.92 Å². The summed E-state index contributed by atoms with van der Waals surface area (Å²) in [6.07, 6.45) is 2.71. The van der Waals surface area contributed by atoms with Crippen molar-refractivity contribution in [1.29, 1.82) is 0 Å². The fraction of sp³-hybridized carbons (Fsp3) is 0.600. The number of benzene rings is 1. The summed E-state index contributed by atoms with van der Waals surface area (Å²) in [6.45, 7) is 8.19. The van der Waals surface area contributed by atoms with E-state index in [9.17, 15) is 0 Å². The lowest BCUT2D eigenvalue weighted by atomic mass is 9.93. The maximum absolute atomic E-state index is 3.48. The Morgan fingerprint density at radius 1 is 1.24 bits per heavy atom. The van der Waals surface area contributed by atoms with E-state index in [1.165, 1.54) is 25.1 Å². The van der Waals surface area contributed by atoms with Crippen LogP contribution in [-0.4, -0.2) is 30.6 Å². The van der Waals surface area contributed by atoms with Gasteiger partial charge < -0.3 is 5.32 Å². The molecular weight excluding hydrogens is 208 g/mol. The lowest BCUT2D eigenvalue weighted by Crippen LogP contribution is -2.42. The van der Waals surface area contributed by atoms with Crippen LogP contribution in [-0.2, 0) is 0 Å². The molecule has 1 aliphatic rings. The fourth-order valence-corrected chi connectivity index (χ4v) is 2.69. The molecule has 2 nitrogen and oxygen atoms in total. The standard InChI is InChI=1S/C15H24N2/c1-13-8-10-17(14(2)12-13)11-9-16-15-6-4-3-5-7-15/h3-7,13-14,16H,8-12H2,1-2H3. The van der Waals surface area contributed by atoms with Crippen molar-refractivity contribution < 1.29 is 0 Å². The number of anilines is 1. The predicted molar refractivity (Wildman–Crippen MR) is 74.4 cm³/mol. The molecule has 2 unspecified atom stereocenters. The largest absolute Gasteiger partial charge is 0.384 e. The molecule has 0 aliphatic carbocycles. The third kappa shape index (κ3) is 3.74. The molecule has 0 bridgehead atoms. The molecule has 0 radical (unpaired) electrons. The summed E-state index contributed by atoms with van der Waals surface area (Å²) in [5.41, 5.74) is 1.23. The number of nitrogens with one attached hydrogen (secondary N) is 1. The highest BCUT2D eigenvalue weighted by Crippen LogP contribution is 2.21. The maximum atomic E-state index is 3.48. The van der Waals surface area contributed by atoms with E-state index in [-0.39, 0.29) is 0 Å². The summed E-state index contributed by atoms with van der Waals surface area (Å²) in [5.74, 6) is 0.906. The van der Waals surface area contributed by atoms with Gasteiger partial charge in [0.05, 0.1) is 0 Å². The lowest BCUT2D eigenvalue weighted by Gasteiger charge is -2.36. The molecule has 1 saturated heterocycles. The van der Waals surface area contributed by atoms with Crippen LogP contribution < -0.4 is 5.32 Å². The summed E-state index contributed by atoms with van der Waals surface area (Å²) in [4.78, 5) is 2.61. The van der Waals surface area contributed by atoms with Gasteiger partial charge >= 0.3 is 0 Å². The van der Waals surface area contributed by atoms with Gasteiger partial charge in [0, 0.05) is 24.8 Å². The molecule has 17 heavy (non-hydrogen) atoms. The molecule has 0 saturated carbocycles. The molecule has 0 amide bonds. The van der Waals surface area contributed by atoms with Gasteiger partial charge in [-0.1, -0.05) is 25.1 Å². The third-order valence-corrected chi connectivity index (χ3v) is 3.78. The minimum Gasteiger partial charge on any atom is -0.384 e. The van der Waals surface area contributed by atoms with Crippen molar-refractivity contribution in [2.24, 2.45) is 5.92 Å². The van der Waals surface area contributed by atoms with E-state index < -0.39 is 0 Å². The van der Waals surface area contributed by atoms with E-state index in [4.69, 9.17) is 0 Å². The number of likely N-dealkylation sites (tertiary alicyclic amines) is 1. The van der Waals surface area contributed by atoms with E-state index in [2.05, 4.69) is 54.4 Å². The van der Waals surface area contributed by atoms with Gasteiger partial charge in [0.1, 0.15) is 0 Å². The minimum absolute atomic E-state index is 0.747. The topological polar surface area (TPSA) is 15.3 Å². The van der Waals surface area contributed by atoms with Crippen molar-refractivity contribution >= 4 is 5.69 Å². The van der Waals surface area contributed by atoms with Crippen LogP contribution in [0.4, 0.5) is 5.69 Å². The van der Waals surface area contributed by atoms with Gasteiger partial charge in [0.25, 0.3) is 0 Å². The van der Waals surface area contributed by atoms with Crippen LogP contribution in [0.15, 0.2) is 30.3 Å². The van der Waals surface area contributed by atoms with Gasteiger partial charge in [-0.25, -0.2) is 0 Å². The maximum Gasteiger partial charge on any atom is 0.0340 e. The highest BCUT2D eigenvalue weighted by molar-refractivity contribution is 5.42. The zero-order chi connectivity index (χ0) is 12.1. The normalized spacial score (nSPS) is 25.8. The number of nitrogens with zero attached hydrogens (tertiary/aromatic N) is 1. The molecule has 2 rings (SSSR count). The van der Waals surface area contributed by atoms with E-state index in [0.29, 0.717) is 0 Å². The number of para-hydroxylation sites is 1. The molecule has 1 aromatic carbocycles. The molecule has 0 spiro atoms. The second-order valence-electron chi connectivity index (χ2n) is 5.31. The lowest BCUT2D eigenvalue weighted by molar-refractivity contribution is 0.135. The van der Waals surface area contributed by atoms with Crippen molar-refractivity contribution in [3.8, 4) is 0 Å². The van der Waals surface area contributed by atoms with Gasteiger partial charge in [-0.05, 0) is 44.4 Å². The third-order valence-electron chi connectivity index (χ3n) is 3.78. The highest BCUT2D eigenvalue weighted by Gasteiger charge is 2.21. The second-order valence-corrected chi connectivity index (χ2v) is 5.31. The Balaban J connectivity index is 1.72. The Hall–Kier alpha value is -1.02. The van der Waals surface area contributed by atoms with Crippen molar-refractivity contribution in [1.82, 2.24) is 4.90 Å². The Kier molecular flexibility index (Phi) is 4.43. The van der Waals surface area contributed by atoms with Crippen LogP contribution in [0.3, 0.4) is 0 Å². The van der Waals surface area contributed by atoms with E-state index >= 15 is 0 Å². The van der Waals surface area contributed by atoms with E-state index in [1.807, 2.05) is 0 Å². The fourth-order valence-electron chi connectivity index (χ4n) is 2.69.